The van der Waals surface area contributed by atoms with Crippen LogP contribution >= 0.6 is 11.6 Å². The zero-order chi connectivity index (χ0) is 16.2. The summed E-state index contributed by atoms with van der Waals surface area (Å²) in [5, 5.41) is 0.597. The summed E-state index contributed by atoms with van der Waals surface area (Å²) < 4.78 is 18.5. The average Bonchev–Trinajstić information content (AvgIpc) is 3.02. The fourth-order valence-electron chi connectivity index (χ4n) is 2.12. The highest BCUT2D eigenvalue weighted by molar-refractivity contribution is 6.33. The predicted octanol–water partition coefficient (Wildman–Crippen LogP) is 5.64. The Hall–Kier alpha value is -2.65. The molecule has 0 fully saturated rings. The molecule has 23 heavy (non-hydrogen) atoms. The molecule has 0 aliphatic rings. The molecule has 3 aromatic rings. The molecular formula is C19H12ClFO2. The van der Waals surface area contributed by atoms with Crippen LogP contribution in [-0.2, 0) is 0 Å². The second-order valence-corrected chi connectivity index (χ2v) is 5.29. The summed E-state index contributed by atoms with van der Waals surface area (Å²) in [5.74, 6) is 0.571. The number of rotatable bonds is 4. The van der Waals surface area contributed by atoms with Gasteiger partial charge >= 0.3 is 0 Å². The fraction of sp³-hybridized carbons (Fsp3) is 0. The lowest BCUT2D eigenvalue weighted by atomic mass is 10.1. The van der Waals surface area contributed by atoms with Crippen molar-refractivity contribution in [3.05, 3.63) is 88.9 Å². The highest BCUT2D eigenvalue weighted by atomic mass is 35.5. The summed E-state index contributed by atoms with van der Waals surface area (Å²) >= 11 is 6.13. The molecule has 0 aliphatic carbocycles. The zero-order valence-electron chi connectivity index (χ0n) is 12.0. The van der Waals surface area contributed by atoms with Crippen LogP contribution in [0.1, 0.15) is 16.1 Å². The third-order valence-corrected chi connectivity index (χ3v) is 3.62. The maximum Gasteiger partial charge on any atom is 0.185 e. The largest absolute Gasteiger partial charge is 0.457 e. The van der Waals surface area contributed by atoms with Crippen molar-refractivity contribution < 1.29 is 13.6 Å². The molecule has 114 valence electrons. The maximum absolute atomic E-state index is 12.8. The molecule has 0 saturated carbocycles. The Balaban J connectivity index is 1.77. The Labute approximate surface area is 137 Å². The van der Waals surface area contributed by atoms with Crippen molar-refractivity contribution >= 4 is 23.5 Å². The van der Waals surface area contributed by atoms with Crippen molar-refractivity contribution in [2.45, 2.75) is 0 Å². The van der Waals surface area contributed by atoms with Crippen LogP contribution in [-0.4, -0.2) is 5.78 Å². The van der Waals surface area contributed by atoms with Gasteiger partial charge in [0.25, 0.3) is 0 Å². The lowest BCUT2D eigenvalue weighted by Crippen LogP contribution is -1.93. The number of carbonyl (C=O) groups is 1. The minimum atomic E-state index is -0.374. The maximum atomic E-state index is 12.8. The van der Waals surface area contributed by atoms with Gasteiger partial charge in [-0.25, -0.2) is 4.39 Å². The van der Waals surface area contributed by atoms with E-state index >= 15 is 0 Å². The third-order valence-electron chi connectivity index (χ3n) is 3.29. The standard InChI is InChI=1S/C19H12ClFO2/c20-17-4-2-1-3-16(17)19-12-10-15(23-19)9-11-18(22)13-5-7-14(21)8-6-13/h1-12H/b11-9+. The molecule has 3 rings (SSSR count). The second kappa shape index (κ2) is 6.63. The van der Waals surface area contributed by atoms with E-state index < -0.39 is 0 Å². The number of ketones is 1. The number of carbonyl (C=O) groups excluding carboxylic acids is 1. The van der Waals surface area contributed by atoms with Crippen molar-refractivity contribution in [1.29, 1.82) is 0 Å². The molecular weight excluding hydrogens is 315 g/mol. The van der Waals surface area contributed by atoms with E-state index in [9.17, 15) is 9.18 Å². The van der Waals surface area contributed by atoms with E-state index in [4.69, 9.17) is 16.0 Å². The number of benzene rings is 2. The Morgan fingerprint density at radius 3 is 2.48 bits per heavy atom. The first-order valence-corrected chi connectivity index (χ1v) is 7.34. The highest BCUT2D eigenvalue weighted by Gasteiger charge is 2.07. The number of hydrogen-bond acceptors (Lipinski definition) is 2. The lowest BCUT2D eigenvalue weighted by Gasteiger charge is -1.99. The molecule has 1 heterocycles. The van der Waals surface area contributed by atoms with Crippen molar-refractivity contribution in [2.24, 2.45) is 0 Å². The normalized spacial score (nSPS) is 11.0. The monoisotopic (exact) mass is 326 g/mol. The van der Waals surface area contributed by atoms with Crippen molar-refractivity contribution in [2.75, 3.05) is 0 Å². The molecule has 0 bridgehead atoms. The van der Waals surface area contributed by atoms with Gasteiger partial charge in [0.1, 0.15) is 17.3 Å². The van der Waals surface area contributed by atoms with Gasteiger partial charge in [-0.05, 0) is 60.7 Å². The average molecular weight is 327 g/mol. The Kier molecular flexibility index (Phi) is 4.40. The molecule has 0 unspecified atom stereocenters. The lowest BCUT2D eigenvalue weighted by molar-refractivity contribution is 0.104. The molecule has 0 radical (unpaired) electrons. The summed E-state index contributed by atoms with van der Waals surface area (Å²) in [5.41, 5.74) is 1.21. The van der Waals surface area contributed by atoms with Crippen molar-refractivity contribution in [3.63, 3.8) is 0 Å². The van der Waals surface area contributed by atoms with Gasteiger partial charge in [-0.15, -0.1) is 0 Å². The molecule has 0 spiro atoms. The number of furan rings is 1. The van der Waals surface area contributed by atoms with Gasteiger partial charge in [0.15, 0.2) is 5.78 Å². The van der Waals surface area contributed by atoms with Crippen LogP contribution in [0.15, 0.2) is 71.2 Å². The minimum absolute atomic E-state index is 0.222. The first-order valence-electron chi connectivity index (χ1n) is 6.96. The van der Waals surface area contributed by atoms with Crippen LogP contribution in [0.5, 0.6) is 0 Å². The first-order chi connectivity index (χ1) is 11.1. The zero-order valence-corrected chi connectivity index (χ0v) is 12.8. The Morgan fingerprint density at radius 1 is 1.00 bits per heavy atom. The number of hydrogen-bond donors (Lipinski definition) is 0. The molecule has 2 aromatic carbocycles. The smallest absolute Gasteiger partial charge is 0.185 e. The van der Waals surface area contributed by atoms with E-state index in [-0.39, 0.29) is 11.6 Å². The topological polar surface area (TPSA) is 30.2 Å². The third kappa shape index (κ3) is 3.58. The van der Waals surface area contributed by atoms with Gasteiger partial charge in [-0.2, -0.15) is 0 Å². The van der Waals surface area contributed by atoms with E-state index in [2.05, 4.69) is 0 Å². The summed E-state index contributed by atoms with van der Waals surface area (Å²) in [6.45, 7) is 0. The van der Waals surface area contributed by atoms with Crippen LogP contribution in [0.2, 0.25) is 5.02 Å². The highest BCUT2D eigenvalue weighted by Crippen LogP contribution is 2.29. The number of halogens is 2. The van der Waals surface area contributed by atoms with Gasteiger partial charge in [-0.3, -0.25) is 4.79 Å². The molecule has 0 aliphatic heterocycles. The van der Waals surface area contributed by atoms with Gasteiger partial charge in [0.2, 0.25) is 0 Å². The molecule has 1 aromatic heterocycles. The van der Waals surface area contributed by atoms with Gasteiger partial charge < -0.3 is 4.42 Å². The summed E-state index contributed by atoms with van der Waals surface area (Å²) in [7, 11) is 0. The number of allylic oxidation sites excluding steroid dienone is 1. The van der Waals surface area contributed by atoms with E-state index in [1.54, 1.807) is 24.3 Å². The van der Waals surface area contributed by atoms with E-state index in [0.29, 0.717) is 22.1 Å². The molecule has 0 atom stereocenters. The van der Waals surface area contributed by atoms with E-state index in [1.165, 1.54) is 30.3 Å². The van der Waals surface area contributed by atoms with Gasteiger partial charge in [-0.1, -0.05) is 23.7 Å². The predicted molar refractivity (Wildman–Crippen MR) is 88.9 cm³/mol. The fourth-order valence-corrected chi connectivity index (χ4v) is 2.35. The molecule has 2 nitrogen and oxygen atoms in total. The Morgan fingerprint density at radius 2 is 1.74 bits per heavy atom. The summed E-state index contributed by atoms with van der Waals surface area (Å²) in [6, 6.07) is 16.3. The molecule has 0 amide bonds. The molecule has 0 saturated heterocycles. The van der Waals surface area contributed by atoms with Crippen molar-refractivity contribution in [3.8, 4) is 11.3 Å². The SMILES string of the molecule is O=C(/C=C/c1ccc(-c2ccccc2Cl)o1)c1ccc(F)cc1. The van der Waals surface area contributed by atoms with Crippen LogP contribution in [0.25, 0.3) is 17.4 Å². The van der Waals surface area contributed by atoms with Gasteiger partial charge in [0.05, 0.1) is 5.02 Å². The van der Waals surface area contributed by atoms with Crippen LogP contribution in [0.3, 0.4) is 0 Å². The quantitative estimate of drug-likeness (QED) is 0.459. The molecule has 0 N–H and O–H groups in total. The first kappa shape index (κ1) is 15.3. The Bertz CT molecular complexity index is 863. The summed E-state index contributed by atoms with van der Waals surface area (Å²) in [6.07, 6.45) is 2.97. The second-order valence-electron chi connectivity index (χ2n) is 4.89. The van der Waals surface area contributed by atoms with Crippen molar-refractivity contribution in [1.82, 2.24) is 0 Å². The molecule has 4 heteroatoms. The van der Waals surface area contributed by atoms with Crippen LogP contribution in [0.4, 0.5) is 4.39 Å². The van der Waals surface area contributed by atoms with E-state index in [0.717, 1.165) is 5.56 Å². The van der Waals surface area contributed by atoms with Crippen LogP contribution in [0, 0.1) is 5.82 Å². The van der Waals surface area contributed by atoms with E-state index in [1.807, 2.05) is 18.2 Å². The minimum Gasteiger partial charge on any atom is -0.457 e. The van der Waals surface area contributed by atoms with Gasteiger partial charge in [0, 0.05) is 11.1 Å². The van der Waals surface area contributed by atoms with Crippen LogP contribution < -0.4 is 0 Å². The summed E-state index contributed by atoms with van der Waals surface area (Å²) in [4.78, 5) is 12.0.